The van der Waals surface area contributed by atoms with Crippen LogP contribution in [0.4, 0.5) is 0 Å². The Balaban J connectivity index is 2.41. The third-order valence-electron chi connectivity index (χ3n) is 3.48. The van der Waals surface area contributed by atoms with Crippen molar-refractivity contribution in [2.45, 2.75) is 39.5 Å². The molecule has 1 aliphatic heterocycles. The molecule has 1 fully saturated rings. The van der Waals surface area contributed by atoms with Crippen LogP contribution in [0, 0.1) is 11.8 Å². The molecule has 1 amide bonds. The van der Waals surface area contributed by atoms with E-state index in [1.54, 1.807) is 0 Å². The van der Waals surface area contributed by atoms with Crippen LogP contribution in [0.1, 0.15) is 39.5 Å². The lowest BCUT2D eigenvalue weighted by Crippen LogP contribution is -2.42. The Kier molecular flexibility index (Phi) is 5.45. The fourth-order valence-corrected chi connectivity index (χ4v) is 2.37. The Morgan fingerprint density at radius 1 is 1.35 bits per heavy atom. The van der Waals surface area contributed by atoms with Crippen LogP contribution >= 0.6 is 0 Å². The van der Waals surface area contributed by atoms with Gasteiger partial charge in [0.25, 0.3) is 0 Å². The molecule has 1 rings (SSSR count). The largest absolute Gasteiger partial charge is 0.469 e. The van der Waals surface area contributed by atoms with Gasteiger partial charge in [-0.05, 0) is 19.3 Å². The van der Waals surface area contributed by atoms with Crippen molar-refractivity contribution >= 4 is 11.9 Å². The number of carbonyl (C=O) groups excluding carboxylic acids is 2. The molecule has 1 heterocycles. The molecule has 4 heteroatoms. The second-order valence-corrected chi connectivity index (χ2v) is 4.81. The van der Waals surface area contributed by atoms with Crippen LogP contribution in [0.15, 0.2) is 0 Å². The maximum atomic E-state index is 12.0. The molecule has 0 saturated carbocycles. The van der Waals surface area contributed by atoms with Crippen LogP contribution in [-0.4, -0.2) is 37.0 Å². The fraction of sp³-hybridized carbons (Fsp3) is 0.846. The molecule has 98 valence electrons. The lowest BCUT2D eigenvalue weighted by Gasteiger charge is -2.32. The average Bonchev–Trinajstić information content (AvgIpc) is 2.37. The Morgan fingerprint density at radius 3 is 2.41 bits per heavy atom. The minimum atomic E-state index is -0.140. The molecule has 17 heavy (non-hydrogen) atoms. The molecule has 1 atom stereocenters. The van der Waals surface area contributed by atoms with Crippen LogP contribution in [0.25, 0.3) is 0 Å². The first kappa shape index (κ1) is 14.0. The molecule has 0 spiro atoms. The molecule has 0 aromatic heterocycles. The zero-order valence-electron chi connectivity index (χ0n) is 11.1. The number of ether oxygens (including phenoxy) is 1. The lowest BCUT2D eigenvalue weighted by molar-refractivity contribution is -0.149. The zero-order chi connectivity index (χ0) is 12.8. The topological polar surface area (TPSA) is 46.6 Å². The Morgan fingerprint density at radius 2 is 1.94 bits per heavy atom. The molecule has 0 bridgehead atoms. The predicted octanol–water partition coefficient (Wildman–Crippen LogP) is 1.83. The van der Waals surface area contributed by atoms with Gasteiger partial charge in [0.1, 0.15) is 0 Å². The molecule has 0 aliphatic carbocycles. The van der Waals surface area contributed by atoms with Gasteiger partial charge < -0.3 is 9.64 Å². The summed E-state index contributed by atoms with van der Waals surface area (Å²) in [6, 6.07) is 0. The van der Waals surface area contributed by atoms with Crippen molar-refractivity contribution < 1.29 is 14.3 Å². The summed E-state index contributed by atoms with van der Waals surface area (Å²) in [4.78, 5) is 25.3. The standard InChI is InChI=1S/C13H23NO3/c1-4-5-10(2)12(15)14-8-6-11(7-9-14)13(16)17-3/h10-11H,4-9H2,1-3H3. The highest BCUT2D eigenvalue weighted by Gasteiger charge is 2.29. The minimum Gasteiger partial charge on any atom is -0.469 e. The average molecular weight is 241 g/mol. The molecule has 0 aromatic carbocycles. The number of methoxy groups -OCH3 is 1. The summed E-state index contributed by atoms with van der Waals surface area (Å²) in [7, 11) is 1.42. The van der Waals surface area contributed by atoms with Gasteiger partial charge in [0.15, 0.2) is 0 Å². The van der Waals surface area contributed by atoms with E-state index >= 15 is 0 Å². The first-order valence-electron chi connectivity index (χ1n) is 6.46. The third kappa shape index (κ3) is 3.72. The number of carbonyl (C=O) groups is 2. The summed E-state index contributed by atoms with van der Waals surface area (Å²) >= 11 is 0. The Labute approximate surface area is 103 Å². The number of likely N-dealkylation sites (tertiary alicyclic amines) is 1. The van der Waals surface area contributed by atoms with Gasteiger partial charge in [0.2, 0.25) is 5.91 Å². The van der Waals surface area contributed by atoms with Crippen molar-refractivity contribution in [3.63, 3.8) is 0 Å². The first-order valence-corrected chi connectivity index (χ1v) is 6.46. The highest BCUT2D eigenvalue weighted by molar-refractivity contribution is 5.79. The molecule has 0 N–H and O–H groups in total. The monoisotopic (exact) mass is 241 g/mol. The van der Waals surface area contributed by atoms with E-state index in [2.05, 4.69) is 6.92 Å². The molecule has 1 saturated heterocycles. The molecular formula is C13H23NO3. The van der Waals surface area contributed by atoms with Crippen molar-refractivity contribution in [3.8, 4) is 0 Å². The number of piperidine rings is 1. The lowest BCUT2D eigenvalue weighted by atomic mass is 9.95. The fourth-order valence-electron chi connectivity index (χ4n) is 2.37. The van der Waals surface area contributed by atoms with Gasteiger partial charge in [-0.15, -0.1) is 0 Å². The summed E-state index contributed by atoms with van der Waals surface area (Å²) in [5.74, 6) is 0.175. The van der Waals surface area contributed by atoms with E-state index in [-0.39, 0.29) is 23.7 Å². The van der Waals surface area contributed by atoms with E-state index in [9.17, 15) is 9.59 Å². The summed E-state index contributed by atoms with van der Waals surface area (Å²) in [5, 5.41) is 0. The number of amides is 1. The van der Waals surface area contributed by atoms with Gasteiger partial charge in [-0.3, -0.25) is 9.59 Å². The number of hydrogen-bond donors (Lipinski definition) is 0. The van der Waals surface area contributed by atoms with Crippen molar-refractivity contribution in [2.75, 3.05) is 20.2 Å². The van der Waals surface area contributed by atoms with Crippen molar-refractivity contribution in [3.05, 3.63) is 0 Å². The Bertz CT molecular complexity index is 270. The minimum absolute atomic E-state index is 0.0227. The molecule has 0 radical (unpaired) electrons. The van der Waals surface area contributed by atoms with Crippen LogP contribution in [-0.2, 0) is 14.3 Å². The van der Waals surface area contributed by atoms with Gasteiger partial charge in [0, 0.05) is 19.0 Å². The van der Waals surface area contributed by atoms with Crippen LogP contribution in [0.3, 0.4) is 0 Å². The molecule has 0 aromatic rings. The maximum Gasteiger partial charge on any atom is 0.308 e. The van der Waals surface area contributed by atoms with E-state index in [0.29, 0.717) is 13.1 Å². The summed E-state index contributed by atoms with van der Waals surface area (Å²) in [5.41, 5.74) is 0. The second-order valence-electron chi connectivity index (χ2n) is 4.81. The quantitative estimate of drug-likeness (QED) is 0.705. The van der Waals surface area contributed by atoms with Gasteiger partial charge in [0.05, 0.1) is 13.0 Å². The van der Waals surface area contributed by atoms with Crippen molar-refractivity contribution in [2.24, 2.45) is 11.8 Å². The number of esters is 1. The van der Waals surface area contributed by atoms with E-state index in [4.69, 9.17) is 4.74 Å². The van der Waals surface area contributed by atoms with E-state index < -0.39 is 0 Å². The SMILES string of the molecule is CCCC(C)C(=O)N1CCC(C(=O)OC)CC1. The summed E-state index contributed by atoms with van der Waals surface area (Å²) in [6.45, 7) is 5.45. The predicted molar refractivity (Wildman–Crippen MR) is 65.4 cm³/mol. The van der Waals surface area contributed by atoms with Gasteiger partial charge in [-0.25, -0.2) is 0 Å². The number of nitrogens with zero attached hydrogens (tertiary/aromatic N) is 1. The highest BCUT2D eigenvalue weighted by Crippen LogP contribution is 2.20. The molecular weight excluding hydrogens is 218 g/mol. The van der Waals surface area contributed by atoms with Crippen LogP contribution in [0.2, 0.25) is 0 Å². The smallest absolute Gasteiger partial charge is 0.308 e. The van der Waals surface area contributed by atoms with Crippen LogP contribution in [0.5, 0.6) is 0 Å². The van der Waals surface area contributed by atoms with E-state index in [0.717, 1.165) is 25.7 Å². The van der Waals surface area contributed by atoms with Crippen molar-refractivity contribution in [1.29, 1.82) is 0 Å². The third-order valence-corrected chi connectivity index (χ3v) is 3.48. The molecule has 1 aliphatic rings. The summed E-state index contributed by atoms with van der Waals surface area (Å²) < 4.78 is 4.73. The van der Waals surface area contributed by atoms with E-state index in [1.165, 1.54) is 7.11 Å². The first-order chi connectivity index (χ1) is 8.10. The van der Waals surface area contributed by atoms with Gasteiger partial charge in [-0.1, -0.05) is 20.3 Å². The van der Waals surface area contributed by atoms with Crippen molar-refractivity contribution in [1.82, 2.24) is 4.90 Å². The molecule has 1 unspecified atom stereocenters. The molecule has 4 nitrogen and oxygen atoms in total. The van der Waals surface area contributed by atoms with E-state index in [1.807, 2.05) is 11.8 Å². The van der Waals surface area contributed by atoms with Gasteiger partial charge >= 0.3 is 5.97 Å². The summed E-state index contributed by atoms with van der Waals surface area (Å²) in [6.07, 6.45) is 3.44. The number of hydrogen-bond acceptors (Lipinski definition) is 3. The Hall–Kier alpha value is -1.06. The zero-order valence-corrected chi connectivity index (χ0v) is 11.1. The maximum absolute atomic E-state index is 12.0. The number of rotatable bonds is 4. The van der Waals surface area contributed by atoms with Crippen LogP contribution < -0.4 is 0 Å². The van der Waals surface area contributed by atoms with Gasteiger partial charge in [-0.2, -0.15) is 0 Å². The normalized spacial score (nSPS) is 18.9. The second kappa shape index (κ2) is 6.62. The highest BCUT2D eigenvalue weighted by atomic mass is 16.5.